The minimum absolute atomic E-state index is 0.210. The van der Waals surface area contributed by atoms with E-state index in [2.05, 4.69) is 4.98 Å². The fraction of sp³-hybridized carbons (Fsp3) is 0.692. The maximum Gasteiger partial charge on any atom is 0.409 e. The van der Waals surface area contributed by atoms with Gasteiger partial charge in [-0.1, -0.05) is 0 Å². The largest absolute Gasteiger partial charge is 0.449 e. The van der Waals surface area contributed by atoms with Gasteiger partial charge in [0.05, 0.1) is 6.61 Å². The number of hydrogen-bond acceptors (Lipinski definition) is 3. The van der Waals surface area contributed by atoms with Crippen molar-refractivity contribution in [2.75, 3.05) is 13.7 Å². The van der Waals surface area contributed by atoms with E-state index >= 15 is 0 Å². The van der Waals surface area contributed by atoms with Crippen LogP contribution in [0.2, 0.25) is 0 Å². The Morgan fingerprint density at radius 2 is 2.17 bits per heavy atom. The van der Waals surface area contributed by atoms with E-state index in [-0.39, 0.29) is 11.6 Å². The Hall–Kier alpha value is -1.52. The van der Waals surface area contributed by atoms with E-state index in [9.17, 15) is 4.79 Å². The Bertz CT molecular complexity index is 393. The number of aromatic nitrogens is 2. The molecule has 5 heteroatoms. The first-order valence-corrected chi connectivity index (χ1v) is 6.20. The van der Waals surface area contributed by atoms with E-state index < -0.39 is 0 Å². The molecule has 102 valence electrons. The third-order valence-corrected chi connectivity index (χ3v) is 2.97. The molecule has 1 rings (SSSR count). The van der Waals surface area contributed by atoms with Crippen molar-refractivity contribution in [3.63, 3.8) is 0 Å². The summed E-state index contributed by atoms with van der Waals surface area (Å²) in [4.78, 5) is 17.4. The van der Waals surface area contributed by atoms with E-state index in [0.29, 0.717) is 6.61 Å². The number of rotatable bonds is 4. The standard InChI is InChI=1S/C13H23N3O2/c1-11-14-7-9-16(11)8-6-10-18-12(17)15(5)13(2,3)4/h7,9H,6,8,10H2,1-5H3. The molecule has 0 fully saturated rings. The molecule has 0 aliphatic heterocycles. The third-order valence-electron chi connectivity index (χ3n) is 2.97. The van der Waals surface area contributed by atoms with Crippen LogP contribution in [0.5, 0.6) is 0 Å². The molecule has 0 unspecified atom stereocenters. The average Bonchev–Trinajstić information content (AvgIpc) is 2.68. The van der Waals surface area contributed by atoms with E-state index in [1.807, 2.05) is 38.5 Å². The van der Waals surface area contributed by atoms with Gasteiger partial charge in [-0.05, 0) is 34.1 Å². The molecule has 0 N–H and O–H groups in total. The molecular formula is C13H23N3O2. The van der Waals surface area contributed by atoms with E-state index in [1.54, 1.807) is 18.1 Å². The fourth-order valence-electron chi connectivity index (χ4n) is 1.41. The predicted molar refractivity (Wildman–Crippen MR) is 70.4 cm³/mol. The summed E-state index contributed by atoms with van der Waals surface area (Å²) in [5.41, 5.74) is -0.210. The molecule has 0 spiro atoms. The van der Waals surface area contributed by atoms with Crippen molar-refractivity contribution >= 4 is 6.09 Å². The summed E-state index contributed by atoms with van der Waals surface area (Å²) in [6, 6.07) is 0. The highest BCUT2D eigenvalue weighted by molar-refractivity contribution is 5.68. The van der Waals surface area contributed by atoms with Crippen molar-refractivity contribution in [2.45, 2.75) is 46.2 Å². The van der Waals surface area contributed by atoms with Crippen LogP contribution in [0.1, 0.15) is 33.0 Å². The van der Waals surface area contributed by atoms with Gasteiger partial charge in [-0.25, -0.2) is 9.78 Å². The highest BCUT2D eigenvalue weighted by atomic mass is 16.6. The lowest BCUT2D eigenvalue weighted by Crippen LogP contribution is -2.42. The molecule has 18 heavy (non-hydrogen) atoms. The molecule has 1 aromatic rings. The summed E-state index contributed by atoms with van der Waals surface area (Å²) in [7, 11) is 1.75. The monoisotopic (exact) mass is 253 g/mol. The summed E-state index contributed by atoms with van der Waals surface area (Å²) in [5, 5.41) is 0. The molecule has 5 nitrogen and oxygen atoms in total. The molecule has 0 saturated heterocycles. The Labute approximate surface area is 109 Å². The summed E-state index contributed by atoms with van der Waals surface area (Å²) in [5.74, 6) is 0.980. The van der Waals surface area contributed by atoms with Crippen LogP contribution in [0.4, 0.5) is 4.79 Å². The molecule has 0 aliphatic carbocycles. The van der Waals surface area contributed by atoms with Crippen LogP contribution in [-0.4, -0.2) is 39.7 Å². The van der Waals surface area contributed by atoms with Gasteiger partial charge in [0.2, 0.25) is 0 Å². The van der Waals surface area contributed by atoms with E-state index in [4.69, 9.17) is 4.74 Å². The SMILES string of the molecule is Cc1nccn1CCCOC(=O)N(C)C(C)(C)C. The summed E-state index contributed by atoms with van der Waals surface area (Å²) in [6.07, 6.45) is 4.22. The minimum Gasteiger partial charge on any atom is -0.449 e. The fourth-order valence-corrected chi connectivity index (χ4v) is 1.41. The Morgan fingerprint density at radius 1 is 1.50 bits per heavy atom. The molecule has 1 aromatic heterocycles. The number of nitrogens with zero attached hydrogens (tertiary/aromatic N) is 3. The molecule has 1 heterocycles. The molecule has 0 aromatic carbocycles. The first kappa shape index (κ1) is 14.5. The van der Waals surface area contributed by atoms with Crippen molar-refractivity contribution in [3.05, 3.63) is 18.2 Å². The van der Waals surface area contributed by atoms with Crippen molar-refractivity contribution in [2.24, 2.45) is 0 Å². The van der Waals surface area contributed by atoms with Crippen LogP contribution < -0.4 is 0 Å². The highest BCUT2D eigenvalue weighted by Crippen LogP contribution is 2.11. The number of ether oxygens (including phenoxy) is 1. The second kappa shape index (κ2) is 5.89. The molecule has 0 radical (unpaired) electrons. The van der Waals surface area contributed by atoms with Crippen molar-refractivity contribution in [3.8, 4) is 0 Å². The molecule has 1 amide bonds. The zero-order valence-electron chi connectivity index (χ0n) is 11.9. The Morgan fingerprint density at radius 3 is 2.67 bits per heavy atom. The number of carbonyl (C=O) groups excluding carboxylic acids is 1. The number of imidazole rings is 1. The smallest absolute Gasteiger partial charge is 0.409 e. The van der Waals surface area contributed by atoms with Gasteiger partial charge in [0, 0.05) is 31.5 Å². The van der Waals surface area contributed by atoms with Crippen LogP contribution in [0, 0.1) is 6.92 Å². The van der Waals surface area contributed by atoms with Crippen LogP contribution in [-0.2, 0) is 11.3 Å². The van der Waals surface area contributed by atoms with E-state index in [0.717, 1.165) is 18.8 Å². The van der Waals surface area contributed by atoms with Gasteiger partial charge in [-0.15, -0.1) is 0 Å². The van der Waals surface area contributed by atoms with Gasteiger partial charge in [0.25, 0.3) is 0 Å². The van der Waals surface area contributed by atoms with Gasteiger partial charge in [-0.2, -0.15) is 0 Å². The first-order valence-electron chi connectivity index (χ1n) is 6.20. The van der Waals surface area contributed by atoms with Crippen LogP contribution >= 0.6 is 0 Å². The Balaban J connectivity index is 2.26. The summed E-state index contributed by atoms with van der Waals surface area (Å²) < 4.78 is 7.26. The summed E-state index contributed by atoms with van der Waals surface area (Å²) >= 11 is 0. The molecule has 0 atom stereocenters. The molecule has 0 bridgehead atoms. The maximum atomic E-state index is 11.7. The minimum atomic E-state index is -0.273. The molecule has 0 saturated carbocycles. The Kier molecular flexibility index (Phi) is 4.76. The predicted octanol–water partition coefficient (Wildman–Crippen LogP) is 2.45. The number of hydrogen-bond donors (Lipinski definition) is 0. The van der Waals surface area contributed by atoms with Crippen molar-refractivity contribution in [1.29, 1.82) is 0 Å². The van der Waals surface area contributed by atoms with Gasteiger partial charge in [-0.3, -0.25) is 0 Å². The number of aryl methyl sites for hydroxylation is 2. The topological polar surface area (TPSA) is 47.4 Å². The van der Waals surface area contributed by atoms with E-state index in [1.165, 1.54) is 0 Å². The van der Waals surface area contributed by atoms with Crippen LogP contribution in [0.25, 0.3) is 0 Å². The number of carbonyl (C=O) groups is 1. The van der Waals surface area contributed by atoms with Gasteiger partial charge < -0.3 is 14.2 Å². The quantitative estimate of drug-likeness (QED) is 0.774. The summed E-state index contributed by atoms with van der Waals surface area (Å²) in [6.45, 7) is 9.13. The van der Waals surface area contributed by atoms with Crippen molar-refractivity contribution in [1.82, 2.24) is 14.5 Å². The second-order valence-corrected chi connectivity index (χ2v) is 5.37. The second-order valence-electron chi connectivity index (χ2n) is 5.37. The molecular weight excluding hydrogens is 230 g/mol. The normalized spacial score (nSPS) is 11.4. The zero-order chi connectivity index (χ0) is 13.8. The third kappa shape index (κ3) is 4.05. The van der Waals surface area contributed by atoms with Gasteiger partial charge in [0.1, 0.15) is 5.82 Å². The number of amides is 1. The lowest BCUT2D eigenvalue weighted by Gasteiger charge is -2.30. The average molecular weight is 253 g/mol. The highest BCUT2D eigenvalue weighted by Gasteiger charge is 2.23. The van der Waals surface area contributed by atoms with Gasteiger partial charge in [0.15, 0.2) is 0 Å². The lowest BCUT2D eigenvalue weighted by atomic mass is 10.1. The van der Waals surface area contributed by atoms with Crippen LogP contribution in [0.15, 0.2) is 12.4 Å². The maximum absolute atomic E-state index is 11.7. The van der Waals surface area contributed by atoms with Crippen molar-refractivity contribution < 1.29 is 9.53 Å². The van der Waals surface area contributed by atoms with Crippen LogP contribution in [0.3, 0.4) is 0 Å². The lowest BCUT2D eigenvalue weighted by molar-refractivity contribution is 0.0795. The zero-order valence-corrected chi connectivity index (χ0v) is 11.9. The molecule has 0 aliphatic rings. The first-order chi connectivity index (χ1) is 8.32. The van der Waals surface area contributed by atoms with Gasteiger partial charge >= 0.3 is 6.09 Å².